The van der Waals surface area contributed by atoms with Crippen molar-refractivity contribution in [3.05, 3.63) is 35.9 Å². The van der Waals surface area contributed by atoms with Crippen molar-refractivity contribution in [2.75, 3.05) is 11.9 Å². The molecule has 0 aromatic heterocycles. The van der Waals surface area contributed by atoms with Crippen molar-refractivity contribution in [3.8, 4) is 5.75 Å². The maximum atomic E-state index is 12.1. The fourth-order valence-corrected chi connectivity index (χ4v) is 2.86. The van der Waals surface area contributed by atoms with E-state index in [1.54, 1.807) is 0 Å². The van der Waals surface area contributed by atoms with E-state index >= 15 is 0 Å². The van der Waals surface area contributed by atoms with Crippen LogP contribution >= 0.6 is 0 Å². The molecule has 2 atom stereocenters. The van der Waals surface area contributed by atoms with Gasteiger partial charge in [-0.2, -0.15) is 0 Å². The molecule has 0 spiro atoms. The molecule has 5 heteroatoms. The Morgan fingerprint density at radius 2 is 2.36 bits per heavy atom. The minimum atomic E-state index is -0.158. The zero-order valence-corrected chi connectivity index (χ0v) is 12.6. The van der Waals surface area contributed by atoms with Gasteiger partial charge >= 0.3 is 0 Å². The van der Waals surface area contributed by atoms with Crippen LogP contribution in [-0.2, 0) is 9.59 Å². The van der Waals surface area contributed by atoms with Gasteiger partial charge in [-0.3, -0.25) is 9.59 Å². The molecule has 1 heterocycles. The van der Waals surface area contributed by atoms with Gasteiger partial charge in [0.1, 0.15) is 5.75 Å². The van der Waals surface area contributed by atoms with Gasteiger partial charge in [0.05, 0.1) is 11.7 Å². The fraction of sp³-hybridized carbons (Fsp3) is 0.412. The molecule has 2 aliphatic rings. The van der Waals surface area contributed by atoms with Crippen molar-refractivity contribution in [1.29, 1.82) is 0 Å². The summed E-state index contributed by atoms with van der Waals surface area (Å²) in [4.78, 5) is 23.4. The second kappa shape index (κ2) is 6.22. The normalized spacial score (nSPS) is 20.8. The molecule has 1 aromatic carbocycles. The highest BCUT2D eigenvalue weighted by Gasteiger charge is 2.19. The summed E-state index contributed by atoms with van der Waals surface area (Å²) in [5, 5.41) is 5.80. The van der Waals surface area contributed by atoms with Gasteiger partial charge in [0, 0.05) is 6.42 Å². The molecule has 22 heavy (non-hydrogen) atoms. The maximum Gasteiger partial charge on any atom is 0.262 e. The first-order valence-corrected chi connectivity index (χ1v) is 7.64. The van der Waals surface area contributed by atoms with E-state index in [9.17, 15) is 9.59 Å². The number of amides is 2. The molecule has 0 saturated carbocycles. The SMILES string of the molecule is C[C@@H](NC(=O)C[C@@H]1C=CCC1)c1ccc2c(c1)NC(=O)CO2. The molecule has 0 bridgehead atoms. The zero-order valence-electron chi connectivity index (χ0n) is 12.6. The lowest BCUT2D eigenvalue weighted by Crippen LogP contribution is -2.28. The first kappa shape index (κ1) is 14.6. The van der Waals surface area contributed by atoms with E-state index in [2.05, 4.69) is 22.8 Å². The molecule has 0 fully saturated rings. The van der Waals surface area contributed by atoms with E-state index in [1.165, 1.54) is 0 Å². The molecule has 5 nitrogen and oxygen atoms in total. The van der Waals surface area contributed by atoms with Gasteiger partial charge in [0.2, 0.25) is 5.91 Å². The van der Waals surface area contributed by atoms with E-state index in [1.807, 2.05) is 25.1 Å². The highest BCUT2D eigenvalue weighted by Crippen LogP contribution is 2.30. The van der Waals surface area contributed by atoms with Crippen LogP contribution in [0.15, 0.2) is 30.4 Å². The van der Waals surface area contributed by atoms with Gasteiger partial charge in [-0.15, -0.1) is 0 Å². The van der Waals surface area contributed by atoms with E-state index in [0.717, 1.165) is 18.4 Å². The maximum absolute atomic E-state index is 12.1. The summed E-state index contributed by atoms with van der Waals surface area (Å²) in [6.45, 7) is 1.99. The van der Waals surface area contributed by atoms with E-state index in [4.69, 9.17) is 4.74 Å². The van der Waals surface area contributed by atoms with Crippen LogP contribution in [0.5, 0.6) is 5.75 Å². The van der Waals surface area contributed by atoms with Crippen LogP contribution in [0.2, 0.25) is 0 Å². The van der Waals surface area contributed by atoms with Crippen molar-refractivity contribution in [2.45, 2.75) is 32.2 Å². The number of carbonyl (C=O) groups excluding carboxylic acids is 2. The Labute approximate surface area is 129 Å². The second-order valence-corrected chi connectivity index (χ2v) is 5.85. The predicted molar refractivity (Wildman–Crippen MR) is 83.6 cm³/mol. The molecular formula is C17H20N2O3. The van der Waals surface area contributed by atoms with Gasteiger partial charge in [-0.05, 0) is 43.4 Å². The lowest BCUT2D eigenvalue weighted by molar-refractivity contribution is -0.122. The molecule has 3 rings (SSSR count). The Hall–Kier alpha value is -2.30. The standard InChI is InChI=1S/C17H20N2O3/c1-11(18-16(20)8-12-4-2-3-5-12)13-6-7-15-14(9-13)19-17(21)10-22-15/h2,4,6-7,9,11-12H,3,5,8,10H2,1H3,(H,18,20)(H,19,21)/t11-,12-/m1/s1. The van der Waals surface area contributed by atoms with Gasteiger partial charge in [0.25, 0.3) is 5.91 Å². The number of fused-ring (bicyclic) bond motifs is 1. The molecule has 1 aliphatic carbocycles. The molecule has 0 saturated heterocycles. The minimum Gasteiger partial charge on any atom is -0.482 e. The summed E-state index contributed by atoms with van der Waals surface area (Å²) in [5.41, 5.74) is 1.61. The van der Waals surface area contributed by atoms with Gasteiger partial charge in [-0.25, -0.2) is 0 Å². The molecular weight excluding hydrogens is 280 g/mol. The first-order valence-electron chi connectivity index (χ1n) is 7.64. The summed E-state index contributed by atoms with van der Waals surface area (Å²) in [6.07, 6.45) is 6.91. The number of carbonyl (C=O) groups is 2. The first-order chi connectivity index (χ1) is 10.6. The third-order valence-electron chi connectivity index (χ3n) is 4.07. The number of hydrogen-bond acceptors (Lipinski definition) is 3. The van der Waals surface area contributed by atoms with Gasteiger partial charge in [0.15, 0.2) is 6.61 Å². The number of ether oxygens (including phenoxy) is 1. The quantitative estimate of drug-likeness (QED) is 0.840. The lowest BCUT2D eigenvalue weighted by atomic mass is 10.0. The number of rotatable bonds is 4. The zero-order chi connectivity index (χ0) is 15.5. The van der Waals surface area contributed by atoms with Crippen LogP contribution in [0.25, 0.3) is 0 Å². The summed E-state index contributed by atoms with van der Waals surface area (Å²) >= 11 is 0. The molecule has 2 N–H and O–H groups in total. The third kappa shape index (κ3) is 3.30. The van der Waals surface area contributed by atoms with Crippen LogP contribution in [-0.4, -0.2) is 18.4 Å². The van der Waals surface area contributed by atoms with Gasteiger partial charge in [-0.1, -0.05) is 18.2 Å². The predicted octanol–water partition coefficient (Wildman–Crippen LogP) is 2.55. The molecule has 0 unspecified atom stereocenters. The number of hydrogen-bond donors (Lipinski definition) is 2. The van der Waals surface area contributed by atoms with Crippen molar-refractivity contribution in [3.63, 3.8) is 0 Å². The number of allylic oxidation sites excluding steroid dienone is 2. The van der Waals surface area contributed by atoms with Crippen LogP contribution in [0, 0.1) is 5.92 Å². The van der Waals surface area contributed by atoms with Crippen LogP contribution in [0.3, 0.4) is 0 Å². The van der Waals surface area contributed by atoms with Crippen molar-refractivity contribution < 1.29 is 14.3 Å². The van der Waals surface area contributed by atoms with Crippen LogP contribution in [0.4, 0.5) is 5.69 Å². The monoisotopic (exact) mass is 300 g/mol. The average molecular weight is 300 g/mol. The second-order valence-electron chi connectivity index (χ2n) is 5.85. The highest BCUT2D eigenvalue weighted by molar-refractivity contribution is 5.95. The van der Waals surface area contributed by atoms with Crippen molar-refractivity contribution >= 4 is 17.5 Å². The van der Waals surface area contributed by atoms with Gasteiger partial charge < -0.3 is 15.4 Å². The van der Waals surface area contributed by atoms with E-state index in [-0.39, 0.29) is 24.5 Å². The highest BCUT2D eigenvalue weighted by atomic mass is 16.5. The fourth-order valence-electron chi connectivity index (χ4n) is 2.86. The molecule has 0 radical (unpaired) electrons. The molecule has 1 aliphatic heterocycles. The Bertz CT molecular complexity index is 624. The molecule has 116 valence electrons. The summed E-state index contributed by atoms with van der Waals surface area (Å²) in [5.74, 6) is 0.929. The number of anilines is 1. The van der Waals surface area contributed by atoms with Crippen molar-refractivity contribution in [2.24, 2.45) is 5.92 Å². The van der Waals surface area contributed by atoms with Crippen LogP contribution in [0.1, 0.15) is 37.8 Å². The topological polar surface area (TPSA) is 67.4 Å². The average Bonchev–Trinajstić information content (AvgIpc) is 2.99. The molecule has 2 amide bonds. The summed E-state index contributed by atoms with van der Waals surface area (Å²) < 4.78 is 5.33. The smallest absolute Gasteiger partial charge is 0.262 e. The number of benzene rings is 1. The molecule has 1 aromatic rings. The Morgan fingerprint density at radius 1 is 1.50 bits per heavy atom. The summed E-state index contributed by atoms with van der Waals surface area (Å²) in [6, 6.07) is 5.48. The Balaban J connectivity index is 1.63. The Kier molecular flexibility index (Phi) is 4.13. The minimum absolute atomic E-state index is 0.0491. The van der Waals surface area contributed by atoms with E-state index in [0.29, 0.717) is 23.8 Å². The van der Waals surface area contributed by atoms with E-state index < -0.39 is 0 Å². The number of nitrogens with one attached hydrogen (secondary N) is 2. The largest absolute Gasteiger partial charge is 0.482 e. The Morgan fingerprint density at radius 3 is 3.14 bits per heavy atom. The van der Waals surface area contributed by atoms with Crippen LogP contribution < -0.4 is 15.4 Å². The lowest BCUT2D eigenvalue weighted by Gasteiger charge is -2.21. The summed E-state index contributed by atoms with van der Waals surface area (Å²) in [7, 11) is 0. The third-order valence-corrected chi connectivity index (χ3v) is 4.07. The van der Waals surface area contributed by atoms with Crippen molar-refractivity contribution in [1.82, 2.24) is 5.32 Å².